The normalized spacial score (nSPS) is 27.6. The molecule has 0 aliphatic carbocycles. The second-order valence-corrected chi connectivity index (χ2v) is 7.31. The maximum Gasteiger partial charge on any atom is 0.0781 e. The number of piperidine rings is 1. The van der Waals surface area contributed by atoms with Crippen LogP contribution in [0.4, 0.5) is 0 Å². The lowest BCUT2D eigenvalue weighted by molar-refractivity contribution is 0.177. The fourth-order valence-corrected chi connectivity index (χ4v) is 4.43. The van der Waals surface area contributed by atoms with Gasteiger partial charge in [-0.15, -0.1) is 0 Å². The fraction of sp³-hybridized carbons (Fsp3) is 0.625. The number of benzene rings is 1. The molecule has 21 heavy (non-hydrogen) atoms. The summed E-state index contributed by atoms with van der Waals surface area (Å²) in [7, 11) is 0. The molecule has 116 valence electrons. The smallest absolute Gasteiger partial charge is 0.0781 e. The molecular weight excluding hydrogens is 327 g/mol. The predicted molar refractivity (Wildman–Crippen MR) is 90.6 cm³/mol. The molecule has 2 aliphatic heterocycles. The van der Waals surface area contributed by atoms with Crippen LogP contribution in [-0.4, -0.2) is 30.1 Å². The summed E-state index contributed by atoms with van der Waals surface area (Å²) in [6.07, 6.45) is 5.21. The minimum absolute atomic E-state index is 0.180. The number of nitrogens with zero attached hydrogens (tertiary/aromatic N) is 1. The van der Waals surface area contributed by atoms with E-state index in [1.807, 2.05) is 12.1 Å². The van der Waals surface area contributed by atoms with Gasteiger partial charge in [0.15, 0.2) is 0 Å². The molecule has 0 saturated carbocycles. The van der Waals surface area contributed by atoms with E-state index >= 15 is 0 Å². The van der Waals surface area contributed by atoms with Crippen molar-refractivity contribution in [2.45, 2.75) is 50.7 Å². The molecule has 0 bridgehead atoms. The molecule has 2 fully saturated rings. The molecule has 0 spiro atoms. The van der Waals surface area contributed by atoms with Crippen LogP contribution in [0.1, 0.15) is 44.2 Å². The highest BCUT2D eigenvalue weighted by Gasteiger charge is 2.36. The topological polar surface area (TPSA) is 15.3 Å². The van der Waals surface area contributed by atoms with Crippen LogP contribution in [-0.2, 0) is 0 Å². The first-order chi connectivity index (χ1) is 10.1. The maximum absolute atomic E-state index is 6.35. The monoisotopic (exact) mass is 346 g/mol. The van der Waals surface area contributed by atoms with E-state index in [0.29, 0.717) is 27.2 Å². The van der Waals surface area contributed by atoms with Crippen molar-refractivity contribution in [3.63, 3.8) is 0 Å². The van der Waals surface area contributed by atoms with Crippen LogP contribution in [0, 0.1) is 0 Å². The van der Waals surface area contributed by atoms with Crippen molar-refractivity contribution in [1.29, 1.82) is 0 Å². The third-order valence-corrected chi connectivity index (χ3v) is 6.16. The Bertz CT molecular complexity index is 520. The number of hydrogen-bond donors (Lipinski definition) is 1. The molecule has 2 heterocycles. The number of nitrogens with one attached hydrogen (secondary N) is 1. The highest BCUT2D eigenvalue weighted by Crippen LogP contribution is 2.36. The molecule has 3 unspecified atom stereocenters. The molecule has 1 aromatic rings. The predicted octanol–water partition coefficient (Wildman–Crippen LogP) is 4.92. The van der Waals surface area contributed by atoms with E-state index in [1.165, 1.54) is 38.8 Å². The van der Waals surface area contributed by atoms with Gasteiger partial charge in [-0.2, -0.15) is 0 Å². The molecular formula is C16H21Cl3N2. The summed E-state index contributed by atoms with van der Waals surface area (Å²) in [6.45, 7) is 4.62. The van der Waals surface area contributed by atoms with Gasteiger partial charge in [0.05, 0.1) is 15.1 Å². The van der Waals surface area contributed by atoms with Gasteiger partial charge in [0.1, 0.15) is 0 Å². The van der Waals surface area contributed by atoms with E-state index in [2.05, 4.69) is 17.1 Å². The summed E-state index contributed by atoms with van der Waals surface area (Å²) in [5.41, 5.74) is 1.03. The van der Waals surface area contributed by atoms with Gasteiger partial charge in [0.2, 0.25) is 0 Å². The Morgan fingerprint density at radius 2 is 1.90 bits per heavy atom. The first-order valence-electron chi connectivity index (χ1n) is 7.71. The Balaban J connectivity index is 1.72. The van der Waals surface area contributed by atoms with Crippen LogP contribution < -0.4 is 5.32 Å². The van der Waals surface area contributed by atoms with Crippen molar-refractivity contribution < 1.29 is 0 Å². The molecule has 2 aliphatic rings. The van der Waals surface area contributed by atoms with Crippen LogP contribution in [0.5, 0.6) is 0 Å². The van der Waals surface area contributed by atoms with Gasteiger partial charge in [0.25, 0.3) is 0 Å². The molecule has 2 saturated heterocycles. The van der Waals surface area contributed by atoms with Crippen LogP contribution in [0.25, 0.3) is 0 Å². The quantitative estimate of drug-likeness (QED) is 0.780. The molecule has 0 amide bonds. The second kappa shape index (κ2) is 6.64. The second-order valence-electron chi connectivity index (χ2n) is 6.15. The molecule has 3 rings (SSSR count). The van der Waals surface area contributed by atoms with Gasteiger partial charge < -0.3 is 5.32 Å². The zero-order valence-corrected chi connectivity index (χ0v) is 14.5. The van der Waals surface area contributed by atoms with E-state index in [1.54, 1.807) is 0 Å². The lowest BCUT2D eigenvalue weighted by Crippen LogP contribution is -2.45. The third kappa shape index (κ3) is 3.20. The van der Waals surface area contributed by atoms with Gasteiger partial charge in [-0.1, -0.05) is 47.3 Å². The van der Waals surface area contributed by atoms with E-state index in [0.717, 1.165) is 5.56 Å². The van der Waals surface area contributed by atoms with Crippen molar-refractivity contribution in [3.05, 3.63) is 32.8 Å². The number of rotatable bonds is 3. The molecule has 0 radical (unpaired) electrons. The summed E-state index contributed by atoms with van der Waals surface area (Å²) < 4.78 is 0. The Kier molecular flexibility index (Phi) is 5.02. The maximum atomic E-state index is 6.35. The molecule has 5 heteroatoms. The Labute approximate surface area is 141 Å². The molecule has 0 aromatic heterocycles. The van der Waals surface area contributed by atoms with Gasteiger partial charge in [-0.3, -0.25) is 4.90 Å². The van der Waals surface area contributed by atoms with E-state index in [9.17, 15) is 0 Å². The van der Waals surface area contributed by atoms with Gasteiger partial charge in [0, 0.05) is 24.7 Å². The summed E-state index contributed by atoms with van der Waals surface area (Å²) in [5.74, 6) is 0. The average molecular weight is 348 g/mol. The number of hydrogen-bond acceptors (Lipinski definition) is 2. The minimum Gasteiger partial charge on any atom is -0.306 e. The van der Waals surface area contributed by atoms with Gasteiger partial charge in [-0.05, 0) is 44.4 Å². The number of halogens is 3. The Morgan fingerprint density at radius 1 is 1.10 bits per heavy atom. The van der Waals surface area contributed by atoms with Gasteiger partial charge in [-0.25, -0.2) is 0 Å². The van der Waals surface area contributed by atoms with E-state index in [-0.39, 0.29) is 6.04 Å². The molecule has 1 aromatic carbocycles. The van der Waals surface area contributed by atoms with Crippen LogP contribution in [0.3, 0.4) is 0 Å². The lowest BCUT2D eigenvalue weighted by atomic mass is 9.97. The summed E-state index contributed by atoms with van der Waals surface area (Å²) in [5, 5.41) is 5.29. The van der Waals surface area contributed by atoms with Crippen LogP contribution in [0.2, 0.25) is 15.1 Å². The van der Waals surface area contributed by atoms with Crippen molar-refractivity contribution >= 4 is 34.8 Å². The summed E-state index contributed by atoms with van der Waals surface area (Å²) in [4.78, 5) is 2.63. The van der Waals surface area contributed by atoms with Crippen molar-refractivity contribution in [2.24, 2.45) is 0 Å². The largest absolute Gasteiger partial charge is 0.306 e. The highest BCUT2D eigenvalue weighted by molar-refractivity contribution is 6.48. The molecule has 1 N–H and O–H groups in total. The minimum atomic E-state index is 0.180. The summed E-state index contributed by atoms with van der Waals surface area (Å²) in [6, 6.07) is 5.21. The van der Waals surface area contributed by atoms with Crippen molar-refractivity contribution in [1.82, 2.24) is 10.2 Å². The van der Waals surface area contributed by atoms with Crippen molar-refractivity contribution in [2.75, 3.05) is 13.1 Å². The average Bonchev–Trinajstić information content (AvgIpc) is 2.88. The first-order valence-corrected chi connectivity index (χ1v) is 8.85. The molecule has 3 atom stereocenters. The zero-order valence-electron chi connectivity index (χ0n) is 12.2. The highest BCUT2D eigenvalue weighted by atomic mass is 35.5. The standard InChI is InChI=1S/C16H21Cl3N2/c1-10(11-5-6-12(17)16(19)15(11)18)20-13-7-9-21-8-3-2-4-14(13)21/h5-6,10,13-14,20H,2-4,7-9H2,1H3. The lowest BCUT2D eigenvalue weighted by Gasteiger charge is -2.34. The van der Waals surface area contributed by atoms with Crippen LogP contribution >= 0.6 is 34.8 Å². The Morgan fingerprint density at radius 3 is 2.71 bits per heavy atom. The SMILES string of the molecule is CC(NC1CCN2CCCCC12)c1ccc(Cl)c(Cl)c1Cl. The fourth-order valence-electron chi connectivity index (χ4n) is 3.73. The van der Waals surface area contributed by atoms with E-state index in [4.69, 9.17) is 34.8 Å². The Hall–Kier alpha value is 0.01000. The molecule has 2 nitrogen and oxygen atoms in total. The third-order valence-electron chi connectivity index (χ3n) is 4.85. The van der Waals surface area contributed by atoms with Gasteiger partial charge >= 0.3 is 0 Å². The van der Waals surface area contributed by atoms with Crippen molar-refractivity contribution in [3.8, 4) is 0 Å². The van der Waals surface area contributed by atoms with E-state index < -0.39 is 0 Å². The van der Waals surface area contributed by atoms with Crippen LogP contribution in [0.15, 0.2) is 12.1 Å². The zero-order chi connectivity index (χ0) is 15.0. The summed E-state index contributed by atoms with van der Waals surface area (Å²) >= 11 is 18.5. The first kappa shape index (κ1) is 15.9. The number of fused-ring (bicyclic) bond motifs is 1.